The van der Waals surface area contributed by atoms with E-state index in [0.717, 1.165) is 42.3 Å². The minimum Gasteiger partial charge on any atom is -0.396 e. The zero-order valence-electron chi connectivity index (χ0n) is 20.1. The number of carbonyl (C=O) groups is 1. The maximum atomic E-state index is 15.2. The molecule has 1 aromatic heterocycles. The van der Waals surface area contributed by atoms with Gasteiger partial charge >= 0.3 is 6.29 Å². The van der Waals surface area contributed by atoms with E-state index in [1.165, 1.54) is 18.2 Å². The summed E-state index contributed by atoms with van der Waals surface area (Å²) < 4.78 is 53.0. The van der Waals surface area contributed by atoms with Crippen molar-refractivity contribution < 1.29 is 32.5 Å². The molecule has 2 N–H and O–H groups in total. The third kappa shape index (κ3) is 4.52. The van der Waals surface area contributed by atoms with Crippen LogP contribution in [-0.4, -0.2) is 28.5 Å². The number of nitrogens with zero attached hydrogens (tertiary/aromatic N) is 1. The molecule has 1 aliphatic carbocycles. The summed E-state index contributed by atoms with van der Waals surface area (Å²) in [6, 6.07) is 9.40. The van der Waals surface area contributed by atoms with Crippen molar-refractivity contribution in [1.29, 1.82) is 0 Å². The first-order valence-corrected chi connectivity index (χ1v) is 12.4. The Kier molecular flexibility index (Phi) is 6.36. The quantitative estimate of drug-likeness (QED) is 0.339. The molecule has 0 bridgehead atoms. The van der Waals surface area contributed by atoms with Gasteiger partial charge in [0.05, 0.1) is 16.6 Å². The van der Waals surface area contributed by atoms with E-state index in [0.29, 0.717) is 31.4 Å². The number of ether oxygens (including phenoxy) is 2. The van der Waals surface area contributed by atoms with Gasteiger partial charge < -0.3 is 24.5 Å². The van der Waals surface area contributed by atoms with Crippen LogP contribution in [0.15, 0.2) is 36.4 Å². The fourth-order valence-electron chi connectivity index (χ4n) is 4.95. The number of halogens is 3. The molecule has 3 aromatic rings. The van der Waals surface area contributed by atoms with Crippen LogP contribution >= 0.6 is 0 Å². The average molecular weight is 503 g/mol. The highest BCUT2D eigenvalue weighted by atomic mass is 19.3. The molecule has 0 atom stereocenters. The second-order valence-corrected chi connectivity index (χ2v) is 9.58. The van der Waals surface area contributed by atoms with E-state index >= 15 is 4.39 Å². The summed E-state index contributed by atoms with van der Waals surface area (Å²) in [7, 11) is 0. The number of aliphatic hydroxyl groups is 1. The smallest absolute Gasteiger partial charge is 0.396 e. The zero-order chi connectivity index (χ0) is 25.5. The Morgan fingerprint density at radius 1 is 1.08 bits per heavy atom. The van der Waals surface area contributed by atoms with Gasteiger partial charge in [0, 0.05) is 30.3 Å². The van der Waals surface area contributed by atoms with Crippen LogP contribution < -0.4 is 14.8 Å². The van der Waals surface area contributed by atoms with Crippen molar-refractivity contribution in [2.45, 2.75) is 70.1 Å². The Hall–Kier alpha value is -3.20. The van der Waals surface area contributed by atoms with Crippen LogP contribution in [0.2, 0.25) is 0 Å². The largest absolute Gasteiger partial charge is 0.586 e. The number of hydrogen-bond acceptors (Lipinski definition) is 4. The molecule has 6 nitrogen and oxygen atoms in total. The van der Waals surface area contributed by atoms with Crippen LogP contribution in [0.1, 0.15) is 56.7 Å². The Balaban J connectivity index is 1.40. The van der Waals surface area contributed by atoms with E-state index in [9.17, 15) is 18.7 Å². The summed E-state index contributed by atoms with van der Waals surface area (Å²) in [5, 5.41) is 12.8. The van der Waals surface area contributed by atoms with E-state index < -0.39 is 23.4 Å². The van der Waals surface area contributed by atoms with Crippen LogP contribution in [0.4, 0.5) is 18.9 Å². The van der Waals surface area contributed by atoms with E-state index in [2.05, 4.69) is 21.7 Å². The van der Waals surface area contributed by atoms with Gasteiger partial charge in [0.1, 0.15) is 5.82 Å². The van der Waals surface area contributed by atoms with Crippen molar-refractivity contribution in [3.8, 4) is 11.5 Å². The maximum absolute atomic E-state index is 15.2. The number of unbranched alkanes of at least 4 members (excludes halogenated alkanes) is 2. The number of rotatable bonds is 10. The number of carbonyl (C=O) groups excluding carboxylic acids is 1. The summed E-state index contributed by atoms with van der Waals surface area (Å²) >= 11 is 0. The summed E-state index contributed by atoms with van der Waals surface area (Å²) in [5.41, 5.74) is 1.46. The van der Waals surface area contributed by atoms with Crippen molar-refractivity contribution in [3.63, 3.8) is 0 Å². The fourth-order valence-corrected chi connectivity index (χ4v) is 4.95. The SMILES string of the molecule is CCCCCc1cc2cc(NC(=O)C3(c4ccc5c(c4)OC(F)(F)O5)CC3)c(F)cc2n1CCCO. The van der Waals surface area contributed by atoms with Gasteiger partial charge in [-0.15, -0.1) is 8.78 Å². The lowest BCUT2D eigenvalue weighted by atomic mass is 9.94. The number of hydrogen-bond donors (Lipinski definition) is 2. The molecule has 2 aromatic carbocycles. The topological polar surface area (TPSA) is 72.7 Å². The predicted octanol–water partition coefficient (Wildman–Crippen LogP) is 5.89. The minimum absolute atomic E-state index is 0.0459. The molecule has 1 saturated carbocycles. The number of aliphatic hydroxyl groups excluding tert-OH is 1. The van der Waals surface area contributed by atoms with Crippen molar-refractivity contribution >= 4 is 22.5 Å². The number of fused-ring (bicyclic) bond motifs is 2. The molecule has 2 aliphatic rings. The third-order valence-corrected chi connectivity index (χ3v) is 7.04. The van der Waals surface area contributed by atoms with Gasteiger partial charge in [0.2, 0.25) is 5.91 Å². The van der Waals surface area contributed by atoms with Gasteiger partial charge in [-0.3, -0.25) is 4.79 Å². The monoisotopic (exact) mass is 502 g/mol. The Morgan fingerprint density at radius 3 is 2.58 bits per heavy atom. The lowest BCUT2D eigenvalue weighted by Crippen LogP contribution is -2.28. The molecule has 1 amide bonds. The molecule has 5 rings (SSSR count). The first-order valence-electron chi connectivity index (χ1n) is 12.4. The van der Waals surface area contributed by atoms with Crippen molar-refractivity contribution in [1.82, 2.24) is 4.57 Å². The normalized spacial score (nSPS) is 16.9. The van der Waals surface area contributed by atoms with Gasteiger partial charge in [-0.05, 0) is 61.9 Å². The van der Waals surface area contributed by atoms with Crippen molar-refractivity contribution in [3.05, 3.63) is 53.5 Å². The first kappa shape index (κ1) is 24.5. The van der Waals surface area contributed by atoms with E-state index in [1.54, 1.807) is 12.1 Å². The number of nitrogens with one attached hydrogen (secondary N) is 1. The van der Waals surface area contributed by atoms with Gasteiger partial charge in [-0.1, -0.05) is 25.8 Å². The number of aromatic nitrogens is 1. The zero-order valence-corrected chi connectivity index (χ0v) is 20.1. The number of aryl methyl sites for hydroxylation is 2. The maximum Gasteiger partial charge on any atom is 0.586 e. The standard InChI is InChI=1S/C27H29F3N2O4/c1-2-3-4-6-19-13-17-14-21(20(28)16-22(17)32(19)11-5-12-33)31-25(34)26(9-10-26)18-7-8-23-24(15-18)36-27(29,30)35-23/h7-8,13-16,33H,2-6,9-12H2,1H3,(H,31,34). The minimum atomic E-state index is -3.73. The second kappa shape index (κ2) is 9.35. The number of anilines is 1. The third-order valence-electron chi connectivity index (χ3n) is 7.04. The number of amides is 1. The van der Waals surface area contributed by atoms with E-state index in [1.807, 2.05) is 10.6 Å². The van der Waals surface area contributed by atoms with Gasteiger partial charge in [0.25, 0.3) is 0 Å². The Morgan fingerprint density at radius 2 is 1.86 bits per heavy atom. The molecular formula is C27H29F3N2O4. The van der Waals surface area contributed by atoms with Gasteiger partial charge in [-0.2, -0.15) is 0 Å². The second-order valence-electron chi connectivity index (χ2n) is 9.58. The lowest BCUT2D eigenvalue weighted by molar-refractivity contribution is -0.286. The highest BCUT2D eigenvalue weighted by Crippen LogP contribution is 2.52. The summed E-state index contributed by atoms with van der Waals surface area (Å²) in [4.78, 5) is 13.3. The van der Waals surface area contributed by atoms with Crippen LogP contribution in [0, 0.1) is 5.82 Å². The van der Waals surface area contributed by atoms with Crippen LogP contribution in [0.3, 0.4) is 0 Å². The fraction of sp³-hybridized carbons (Fsp3) is 0.444. The average Bonchev–Trinajstić information content (AvgIpc) is 3.50. The van der Waals surface area contributed by atoms with Crippen LogP contribution in [-0.2, 0) is 23.2 Å². The Bertz CT molecular complexity index is 1300. The molecule has 0 saturated heterocycles. The molecule has 9 heteroatoms. The summed E-state index contributed by atoms with van der Waals surface area (Å²) in [5.74, 6) is -1.16. The van der Waals surface area contributed by atoms with Crippen LogP contribution in [0.25, 0.3) is 10.9 Å². The molecule has 0 spiro atoms. The van der Waals surface area contributed by atoms with E-state index in [4.69, 9.17) is 0 Å². The van der Waals surface area contributed by atoms with Crippen molar-refractivity contribution in [2.24, 2.45) is 0 Å². The highest BCUT2D eigenvalue weighted by molar-refractivity contribution is 6.02. The lowest BCUT2D eigenvalue weighted by Gasteiger charge is -2.17. The molecule has 2 heterocycles. The molecular weight excluding hydrogens is 473 g/mol. The molecule has 0 radical (unpaired) electrons. The van der Waals surface area contributed by atoms with Gasteiger partial charge in [-0.25, -0.2) is 4.39 Å². The summed E-state index contributed by atoms with van der Waals surface area (Å²) in [6.07, 6.45) is 1.91. The molecule has 192 valence electrons. The number of alkyl halides is 2. The summed E-state index contributed by atoms with van der Waals surface area (Å²) in [6.45, 7) is 2.76. The highest BCUT2D eigenvalue weighted by Gasteiger charge is 2.53. The first-order chi connectivity index (χ1) is 17.3. The Labute approximate surface area is 207 Å². The van der Waals surface area contributed by atoms with E-state index in [-0.39, 0.29) is 23.8 Å². The molecule has 1 aliphatic heterocycles. The molecule has 1 fully saturated rings. The van der Waals surface area contributed by atoms with Gasteiger partial charge in [0.15, 0.2) is 11.5 Å². The molecule has 36 heavy (non-hydrogen) atoms. The van der Waals surface area contributed by atoms with Crippen molar-refractivity contribution in [2.75, 3.05) is 11.9 Å². The number of benzene rings is 2. The predicted molar refractivity (Wildman–Crippen MR) is 129 cm³/mol. The molecule has 0 unspecified atom stereocenters. The van der Waals surface area contributed by atoms with Crippen LogP contribution in [0.5, 0.6) is 11.5 Å².